The number of esters is 1. The van der Waals surface area contributed by atoms with Gasteiger partial charge in [-0.2, -0.15) is 0 Å². The number of benzene rings is 2. The normalized spacial score (nSPS) is 10.6. The Morgan fingerprint density at radius 2 is 1.79 bits per heavy atom. The van der Waals surface area contributed by atoms with E-state index >= 15 is 0 Å². The molecule has 0 spiro atoms. The maximum Gasteiger partial charge on any atom is 0.341 e. The minimum absolute atomic E-state index is 0. The SMILES string of the molecule is CCNC(=NCc1ccc(OC)c(C(=O)OC)c1)NCCc1cccc(C(=O)N(C)C)c1.I. The zero-order valence-electron chi connectivity index (χ0n) is 19.8. The van der Waals surface area contributed by atoms with Crippen molar-refractivity contribution in [2.75, 3.05) is 41.4 Å². The summed E-state index contributed by atoms with van der Waals surface area (Å²) in [6.07, 6.45) is 0.744. The van der Waals surface area contributed by atoms with Crippen LogP contribution >= 0.6 is 24.0 Å². The van der Waals surface area contributed by atoms with Gasteiger partial charge in [-0.15, -0.1) is 24.0 Å². The lowest BCUT2D eigenvalue weighted by Gasteiger charge is -2.13. The van der Waals surface area contributed by atoms with Gasteiger partial charge in [0.15, 0.2) is 5.96 Å². The van der Waals surface area contributed by atoms with Crippen molar-refractivity contribution in [2.45, 2.75) is 19.9 Å². The predicted molar refractivity (Wildman–Crippen MR) is 141 cm³/mol. The fourth-order valence-corrected chi connectivity index (χ4v) is 3.08. The van der Waals surface area contributed by atoms with Crippen LogP contribution < -0.4 is 15.4 Å². The number of nitrogens with one attached hydrogen (secondary N) is 2. The van der Waals surface area contributed by atoms with E-state index in [9.17, 15) is 9.59 Å². The minimum Gasteiger partial charge on any atom is -0.496 e. The van der Waals surface area contributed by atoms with Gasteiger partial charge in [-0.3, -0.25) is 4.79 Å². The number of guanidine groups is 1. The van der Waals surface area contributed by atoms with Gasteiger partial charge < -0.3 is 25.0 Å². The molecule has 9 heteroatoms. The second kappa shape index (κ2) is 14.4. The molecule has 0 saturated heterocycles. The predicted octanol–water partition coefficient (Wildman–Crippen LogP) is 3.10. The lowest BCUT2D eigenvalue weighted by Crippen LogP contribution is -2.38. The van der Waals surface area contributed by atoms with Crippen molar-refractivity contribution >= 4 is 41.8 Å². The number of hydrogen-bond donors (Lipinski definition) is 2. The highest BCUT2D eigenvalue weighted by atomic mass is 127. The van der Waals surface area contributed by atoms with Crippen LogP contribution in [0.15, 0.2) is 47.5 Å². The van der Waals surface area contributed by atoms with E-state index in [-0.39, 0.29) is 29.9 Å². The van der Waals surface area contributed by atoms with Crippen molar-refractivity contribution in [3.8, 4) is 5.75 Å². The Hall–Kier alpha value is -2.82. The quantitative estimate of drug-likeness (QED) is 0.209. The molecule has 0 atom stereocenters. The molecule has 180 valence electrons. The van der Waals surface area contributed by atoms with Gasteiger partial charge in [-0.25, -0.2) is 9.79 Å². The first-order valence-corrected chi connectivity index (χ1v) is 10.5. The van der Waals surface area contributed by atoms with Gasteiger partial charge in [0.05, 0.1) is 20.8 Å². The first-order valence-electron chi connectivity index (χ1n) is 10.5. The van der Waals surface area contributed by atoms with Gasteiger partial charge in [0, 0.05) is 32.7 Å². The van der Waals surface area contributed by atoms with E-state index in [1.807, 2.05) is 37.3 Å². The third-order valence-corrected chi connectivity index (χ3v) is 4.72. The molecular formula is C24H33IN4O4. The molecule has 0 heterocycles. The van der Waals surface area contributed by atoms with Crippen LogP contribution in [0.4, 0.5) is 0 Å². The second-order valence-corrected chi connectivity index (χ2v) is 7.30. The number of ether oxygens (including phenoxy) is 2. The van der Waals surface area contributed by atoms with Gasteiger partial charge in [0.1, 0.15) is 11.3 Å². The van der Waals surface area contributed by atoms with Crippen LogP contribution in [-0.2, 0) is 17.7 Å². The van der Waals surface area contributed by atoms with Crippen molar-refractivity contribution in [2.24, 2.45) is 4.99 Å². The van der Waals surface area contributed by atoms with Gasteiger partial charge in [0.25, 0.3) is 5.91 Å². The number of halogens is 1. The summed E-state index contributed by atoms with van der Waals surface area (Å²) in [5, 5.41) is 6.53. The summed E-state index contributed by atoms with van der Waals surface area (Å²) in [5.41, 5.74) is 2.97. The molecule has 0 aromatic heterocycles. The first-order chi connectivity index (χ1) is 15.4. The largest absolute Gasteiger partial charge is 0.496 e. The Balaban J connectivity index is 0.00000544. The molecule has 2 aromatic rings. The lowest BCUT2D eigenvalue weighted by atomic mass is 10.1. The number of aliphatic imine (C=N–C) groups is 1. The number of rotatable bonds is 9. The number of nitrogens with zero attached hydrogens (tertiary/aromatic N) is 2. The van der Waals surface area contributed by atoms with E-state index in [1.165, 1.54) is 14.2 Å². The van der Waals surface area contributed by atoms with E-state index < -0.39 is 5.97 Å². The number of carbonyl (C=O) groups excluding carboxylic acids is 2. The maximum absolute atomic E-state index is 12.2. The fraction of sp³-hybridized carbons (Fsp3) is 0.375. The minimum atomic E-state index is -0.451. The molecule has 0 unspecified atom stereocenters. The lowest BCUT2D eigenvalue weighted by molar-refractivity contribution is 0.0596. The van der Waals surface area contributed by atoms with Gasteiger partial charge in [-0.1, -0.05) is 18.2 Å². The number of carbonyl (C=O) groups is 2. The Labute approximate surface area is 212 Å². The van der Waals surface area contributed by atoms with Crippen molar-refractivity contribution in [3.05, 3.63) is 64.7 Å². The van der Waals surface area contributed by atoms with Crippen molar-refractivity contribution in [1.29, 1.82) is 0 Å². The highest BCUT2D eigenvalue weighted by Gasteiger charge is 2.13. The standard InChI is InChI=1S/C24H32N4O4.HI/c1-6-25-24(26-13-12-17-8-7-9-19(14-17)22(29)28(2)3)27-16-18-10-11-21(31-4)20(15-18)23(30)32-5;/h7-11,14-15H,6,12-13,16H2,1-5H3,(H2,25,26,27);1H. The molecule has 0 saturated carbocycles. The molecule has 8 nitrogen and oxygen atoms in total. The first kappa shape index (κ1) is 28.2. The van der Waals surface area contributed by atoms with Gasteiger partial charge >= 0.3 is 5.97 Å². The molecule has 2 rings (SSSR count). The van der Waals surface area contributed by atoms with Crippen LogP contribution in [0.1, 0.15) is 38.8 Å². The Morgan fingerprint density at radius 1 is 1.03 bits per heavy atom. The van der Waals surface area contributed by atoms with E-state index in [0.717, 1.165) is 17.5 Å². The summed E-state index contributed by atoms with van der Waals surface area (Å²) in [6.45, 7) is 3.75. The molecule has 0 aliphatic rings. The van der Waals surface area contributed by atoms with E-state index in [4.69, 9.17) is 9.47 Å². The second-order valence-electron chi connectivity index (χ2n) is 7.30. The van der Waals surface area contributed by atoms with Crippen molar-refractivity contribution < 1.29 is 19.1 Å². The number of amides is 1. The molecule has 2 N–H and O–H groups in total. The summed E-state index contributed by atoms with van der Waals surface area (Å²) in [7, 11) is 6.34. The van der Waals surface area contributed by atoms with Gasteiger partial charge in [-0.05, 0) is 48.7 Å². The molecule has 0 bridgehead atoms. The topological polar surface area (TPSA) is 92.3 Å². The highest BCUT2D eigenvalue weighted by Crippen LogP contribution is 2.21. The molecular weight excluding hydrogens is 535 g/mol. The zero-order valence-corrected chi connectivity index (χ0v) is 22.1. The molecule has 0 aliphatic heterocycles. The maximum atomic E-state index is 12.2. The number of hydrogen-bond acceptors (Lipinski definition) is 5. The average molecular weight is 568 g/mol. The van der Waals surface area contributed by atoms with Crippen LogP contribution in [0.5, 0.6) is 5.75 Å². The Bertz CT molecular complexity index is 963. The summed E-state index contributed by atoms with van der Waals surface area (Å²) < 4.78 is 10.1. The monoisotopic (exact) mass is 568 g/mol. The molecule has 0 radical (unpaired) electrons. The van der Waals surface area contributed by atoms with Crippen LogP contribution in [0.2, 0.25) is 0 Å². The molecule has 0 aliphatic carbocycles. The van der Waals surface area contributed by atoms with Gasteiger partial charge in [0.2, 0.25) is 0 Å². The fourth-order valence-electron chi connectivity index (χ4n) is 3.08. The molecule has 2 aromatic carbocycles. The van der Waals surface area contributed by atoms with E-state index in [0.29, 0.717) is 42.5 Å². The molecule has 0 fully saturated rings. The van der Waals surface area contributed by atoms with Crippen LogP contribution in [-0.4, -0.2) is 64.1 Å². The third-order valence-electron chi connectivity index (χ3n) is 4.72. The molecule has 1 amide bonds. The third kappa shape index (κ3) is 8.56. The summed E-state index contributed by atoms with van der Waals surface area (Å²) in [4.78, 5) is 30.3. The van der Waals surface area contributed by atoms with Crippen molar-refractivity contribution in [3.63, 3.8) is 0 Å². The van der Waals surface area contributed by atoms with E-state index in [1.54, 1.807) is 31.1 Å². The smallest absolute Gasteiger partial charge is 0.341 e. The highest BCUT2D eigenvalue weighted by molar-refractivity contribution is 14.0. The summed E-state index contributed by atoms with van der Waals surface area (Å²) in [5.74, 6) is 0.668. The van der Waals surface area contributed by atoms with Crippen LogP contribution in [0.3, 0.4) is 0 Å². The van der Waals surface area contributed by atoms with E-state index in [2.05, 4.69) is 15.6 Å². The number of methoxy groups -OCH3 is 2. The Morgan fingerprint density at radius 3 is 2.42 bits per heavy atom. The molecule has 33 heavy (non-hydrogen) atoms. The summed E-state index contributed by atoms with van der Waals surface area (Å²) >= 11 is 0. The van der Waals surface area contributed by atoms with Crippen LogP contribution in [0, 0.1) is 0 Å². The van der Waals surface area contributed by atoms with Crippen LogP contribution in [0.25, 0.3) is 0 Å². The Kier molecular flexibility index (Phi) is 12.3. The summed E-state index contributed by atoms with van der Waals surface area (Å²) in [6, 6.07) is 13.0. The average Bonchev–Trinajstić information content (AvgIpc) is 2.81. The zero-order chi connectivity index (χ0) is 23.5. The van der Waals surface area contributed by atoms with Crippen molar-refractivity contribution in [1.82, 2.24) is 15.5 Å².